The van der Waals surface area contributed by atoms with Crippen LogP contribution in [0.3, 0.4) is 0 Å². The van der Waals surface area contributed by atoms with E-state index in [1.54, 1.807) is 44.7 Å². The van der Waals surface area contributed by atoms with E-state index in [2.05, 4.69) is 20.6 Å². The van der Waals surface area contributed by atoms with Crippen LogP contribution in [0.25, 0.3) is 0 Å². The Hall–Kier alpha value is -2.83. The highest BCUT2D eigenvalue weighted by Gasteiger charge is 2.22. The summed E-state index contributed by atoms with van der Waals surface area (Å²) in [5, 5.41) is 5.96. The molecule has 0 bridgehead atoms. The first kappa shape index (κ1) is 15.1. The molecule has 7 heteroatoms. The highest BCUT2D eigenvalue weighted by atomic mass is 16.5. The highest BCUT2D eigenvalue weighted by Crippen LogP contribution is 2.29. The van der Waals surface area contributed by atoms with Crippen LogP contribution in [0.1, 0.15) is 23.3 Å². The Kier molecular flexibility index (Phi) is 4.27. The predicted molar refractivity (Wildman–Crippen MR) is 86.2 cm³/mol. The molecule has 1 aromatic heterocycles. The number of ether oxygens (including phenoxy) is 2. The summed E-state index contributed by atoms with van der Waals surface area (Å²) in [5.74, 6) is 1.31. The normalized spacial score (nSPS) is 13.3. The van der Waals surface area contributed by atoms with Crippen LogP contribution in [0, 0.1) is 0 Å². The summed E-state index contributed by atoms with van der Waals surface area (Å²) in [7, 11) is 3.10. The van der Waals surface area contributed by atoms with E-state index in [1.165, 1.54) is 0 Å². The molecule has 2 N–H and O–H groups in total. The summed E-state index contributed by atoms with van der Waals surface area (Å²) >= 11 is 0. The number of methoxy groups -OCH3 is 2. The van der Waals surface area contributed by atoms with Crippen molar-refractivity contribution in [2.45, 2.75) is 18.9 Å². The highest BCUT2D eigenvalue weighted by molar-refractivity contribution is 6.03. The van der Waals surface area contributed by atoms with Crippen molar-refractivity contribution in [3.8, 4) is 11.5 Å². The van der Waals surface area contributed by atoms with Crippen LogP contribution < -0.4 is 20.1 Å². The molecule has 1 aromatic carbocycles. The molecule has 0 saturated heterocycles. The smallest absolute Gasteiger partial charge is 0.274 e. The summed E-state index contributed by atoms with van der Waals surface area (Å²) in [6.07, 6.45) is 3.79. The third-order valence-corrected chi connectivity index (χ3v) is 3.45. The average molecular weight is 314 g/mol. The molecule has 0 unspecified atom stereocenters. The first-order chi connectivity index (χ1) is 11.2. The number of hydrogen-bond donors (Lipinski definition) is 2. The number of rotatable bonds is 6. The Balaban J connectivity index is 1.78. The molecule has 7 nitrogen and oxygen atoms in total. The SMILES string of the molecule is COc1ccc(OC)c(NC(=O)c2ccnc(NC3CC3)n2)c1. The van der Waals surface area contributed by atoms with Gasteiger partial charge in [0.1, 0.15) is 17.2 Å². The van der Waals surface area contributed by atoms with Crippen molar-refractivity contribution in [2.24, 2.45) is 0 Å². The maximum atomic E-state index is 12.4. The molecule has 0 atom stereocenters. The molecule has 0 aliphatic heterocycles. The van der Waals surface area contributed by atoms with Gasteiger partial charge in [-0.25, -0.2) is 9.97 Å². The van der Waals surface area contributed by atoms with E-state index in [1.807, 2.05) is 0 Å². The minimum Gasteiger partial charge on any atom is -0.497 e. The van der Waals surface area contributed by atoms with Gasteiger partial charge < -0.3 is 20.1 Å². The minimum atomic E-state index is -0.335. The van der Waals surface area contributed by atoms with Crippen LogP contribution in [0.4, 0.5) is 11.6 Å². The van der Waals surface area contributed by atoms with E-state index in [9.17, 15) is 4.79 Å². The van der Waals surface area contributed by atoms with Gasteiger partial charge in [0, 0.05) is 18.3 Å². The van der Waals surface area contributed by atoms with Crippen LogP contribution in [0.2, 0.25) is 0 Å². The minimum absolute atomic E-state index is 0.285. The molecule has 1 amide bonds. The number of carbonyl (C=O) groups is 1. The lowest BCUT2D eigenvalue weighted by atomic mass is 10.2. The Morgan fingerprint density at radius 3 is 2.74 bits per heavy atom. The van der Waals surface area contributed by atoms with Gasteiger partial charge >= 0.3 is 0 Å². The molecule has 1 aliphatic rings. The first-order valence-corrected chi connectivity index (χ1v) is 7.32. The largest absolute Gasteiger partial charge is 0.497 e. The van der Waals surface area contributed by atoms with Gasteiger partial charge in [-0.05, 0) is 31.0 Å². The molecule has 3 rings (SSSR count). The lowest BCUT2D eigenvalue weighted by molar-refractivity contribution is 0.102. The van der Waals surface area contributed by atoms with E-state index in [4.69, 9.17) is 9.47 Å². The Labute approximate surface area is 134 Å². The van der Waals surface area contributed by atoms with Crippen molar-refractivity contribution in [3.05, 3.63) is 36.2 Å². The van der Waals surface area contributed by atoms with Crippen LogP contribution in [0.5, 0.6) is 11.5 Å². The molecule has 1 heterocycles. The second-order valence-electron chi connectivity index (χ2n) is 5.20. The summed E-state index contributed by atoms with van der Waals surface area (Å²) in [4.78, 5) is 20.8. The molecule has 120 valence electrons. The Morgan fingerprint density at radius 2 is 2.04 bits per heavy atom. The number of benzene rings is 1. The molecular formula is C16H18N4O3. The molecule has 1 saturated carbocycles. The number of hydrogen-bond acceptors (Lipinski definition) is 6. The van der Waals surface area contributed by atoms with Crippen molar-refractivity contribution in [1.82, 2.24) is 9.97 Å². The van der Waals surface area contributed by atoms with Crippen LogP contribution in [-0.4, -0.2) is 36.1 Å². The van der Waals surface area contributed by atoms with Gasteiger partial charge in [-0.3, -0.25) is 4.79 Å². The lowest BCUT2D eigenvalue weighted by Crippen LogP contribution is -2.16. The zero-order valence-corrected chi connectivity index (χ0v) is 13.0. The van der Waals surface area contributed by atoms with E-state index >= 15 is 0 Å². The fraction of sp³-hybridized carbons (Fsp3) is 0.312. The van der Waals surface area contributed by atoms with E-state index in [-0.39, 0.29) is 11.6 Å². The number of amides is 1. The molecule has 1 fully saturated rings. The van der Waals surface area contributed by atoms with Crippen molar-refractivity contribution in [1.29, 1.82) is 0 Å². The van der Waals surface area contributed by atoms with Crippen molar-refractivity contribution >= 4 is 17.5 Å². The quantitative estimate of drug-likeness (QED) is 0.851. The Bertz CT molecular complexity index is 716. The lowest BCUT2D eigenvalue weighted by Gasteiger charge is -2.11. The fourth-order valence-electron chi connectivity index (χ4n) is 2.06. The summed E-state index contributed by atoms with van der Waals surface area (Å²) in [5.41, 5.74) is 0.806. The molecular weight excluding hydrogens is 296 g/mol. The third kappa shape index (κ3) is 3.68. The maximum absolute atomic E-state index is 12.4. The van der Waals surface area contributed by atoms with Crippen molar-refractivity contribution in [3.63, 3.8) is 0 Å². The molecule has 0 spiro atoms. The number of nitrogens with one attached hydrogen (secondary N) is 2. The second-order valence-corrected chi connectivity index (χ2v) is 5.20. The van der Waals surface area contributed by atoms with Crippen LogP contribution >= 0.6 is 0 Å². The van der Waals surface area contributed by atoms with Gasteiger partial charge in [-0.2, -0.15) is 0 Å². The predicted octanol–water partition coefficient (Wildman–Crippen LogP) is 2.32. The zero-order valence-electron chi connectivity index (χ0n) is 13.0. The first-order valence-electron chi connectivity index (χ1n) is 7.32. The summed E-state index contributed by atoms with van der Waals surface area (Å²) in [6, 6.07) is 7.18. The van der Waals surface area contributed by atoms with Gasteiger partial charge in [-0.15, -0.1) is 0 Å². The van der Waals surface area contributed by atoms with Gasteiger partial charge in [0.05, 0.1) is 19.9 Å². The van der Waals surface area contributed by atoms with Crippen molar-refractivity contribution < 1.29 is 14.3 Å². The van der Waals surface area contributed by atoms with E-state index < -0.39 is 0 Å². The standard InChI is InChI=1S/C16H18N4O3/c1-22-11-5-6-14(23-2)13(9-11)19-15(21)12-7-8-17-16(20-12)18-10-3-4-10/h5-10H,3-4H2,1-2H3,(H,19,21)(H,17,18,20). The van der Waals surface area contributed by atoms with Gasteiger partial charge in [-0.1, -0.05) is 0 Å². The van der Waals surface area contributed by atoms with Crippen LogP contribution in [0.15, 0.2) is 30.5 Å². The molecule has 0 radical (unpaired) electrons. The molecule has 23 heavy (non-hydrogen) atoms. The summed E-state index contributed by atoms with van der Waals surface area (Å²) < 4.78 is 10.4. The van der Waals surface area contributed by atoms with Gasteiger partial charge in [0.15, 0.2) is 0 Å². The van der Waals surface area contributed by atoms with Crippen molar-refractivity contribution in [2.75, 3.05) is 24.9 Å². The van der Waals surface area contributed by atoms with Gasteiger partial charge in [0.2, 0.25) is 5.95 Å². The third-order valence-electron chi connectivity index (χ3n) is 3.45. The maximum Gasteiger partial charge on any atom is 0.274 e. The number of carbonyl (C=O) groups excluding carboxylic acids is 1. The number of nitrogens with zero attached hydrogens (tertiary/aromatic N) is 2. The van der Waals surface area contributed by atoms with Gasteiger partial charge in [0.25, 0.3) is 5.91 Å². The topological polar surface area (TPSA) is 85.4 Å². The molecule has 2 aromatic rings. The number of anilines is 2. The molecule has 1 aliphatic carbocycles. The average Bonchev–Trinajstić information content (AvgIpc) is 3.39. The van der Waals surface area contributed by atoms with Crippen LogP contribution in [-0.2, 0) is 0 Å². The summed E-state index contributed by atoms with van der Waals surface area (Å²) in [6.45, 7) is 0. The van der Waals surface area contributed by atoms with E-state index in [0.717, 1.165) is 12.8 Å². The van der Waals surface area contributed by atoms with E-state index in [0.29, 0.717) is 29.2 Å². The second kappa shape index (κ2) is 6.51. The Morgan fingerprint density at radius 1 is 1.22 bits per heavy atom. The zero-order chi connectivity index (χ0) is 16.2. The monoisotopic (exact) mass is 314 g/mol. The fourth-order valence-corrected chi connectivity index (χ4v) is 2.06. The number of aromatic nitrogens is 2.